The van der Waals surface area contributed by atoms with E-state index in [1.807, 2.05) is 89.3 Å². The molecule has 0 radical (unpaired) electrons. The van der Waals surface area contributed by atoms with E-state index in [0.717, 1.165) is 83.9 Å². The predicted octanol–water partition coefficient (Wildman–Crippen LogP) is 5.34. The number of β-amino-alcohol motifs (C(OH)–C–C–N with tert-alkyl or cyclic N) is 1. The van der Waals surface area contributed by atoms with Crippen LogP contribution in [-0.4, -0.2) is 175 Å². The fraction of sp³-hybridized carbons (Fsp3) is 0.475. The molecule has 3 aliphatic heterocycles. The molecule has 3 saturated heterocycles. The van der Waals surface area contributed by atoms with E-state index in [0.29, 0.717) is 50.2 Å². The SMILES string of the molecule is Cc1ncsc1-c1ccc(CNC(=O)[C@@H]2C[C@@H](O)CN2C(=O)[C@@H](NC(=O)CCOCCC(=O)NCCN2CCN(Cc3cccc(-c4ccc(N5CCN(C)CC5)c(NC(=O)c5c[nH]c(=O)cc5C(F)(F)F)c4)c3)CC2)C(C)(C)C)cc1. The Bertz CT molecular complexity index is 3100. The van der Waals surface area contributed by atoms with Crippen molar-refractivity contribution < 1.29 is 47.0 Å². The number of nitrogens with zero attached hydrogens (tertiary/aromatic N) is 6. The maximum Gasteiger partial charge on any atom is 0.417 e. The third-order valence-corrected chi connectivity index (χ3v) is 16.1. The molecule has 0 unspecified atom stereocenters. The lowest BCUT2D eigenvalue weighted by molar-refractivity contribution is -0.144. The van der Waals surface area contributed by atoms with Crippen molar-refractivity contribution >= 4 is 52.2 Å². The van der Waals surface area contributed by atoms with Gasteiger partial charge in [0.25, 0.3) is 5.91 Å². The van der Waals surface area contributed by atoms with Crippen LogP contribution in [0.15, 0.2) is 89.3 Å². The number of hydrogen-bond donors (Lipinski definition) is 6. The number of aromatic amines is 1. The zero-order valence-electron chi connectivity index (χ0n) is 47.1. The molecule has 5 aromatic rings. The van der Waals surface area contributed by atoms with Crippen molar-refractivity contribution in [2.45, 2.75) is 84.4 Å². The maximum absolute atomic E-state index is 14.0. The minimum Gasteiger partial charge on any atom is -0.391 e. The van der Waals surface area contributed by atoms with Crippen LogP contribution in [0.4, 0.5) is 24.5 Å². The van der Waals surface area contributed by atoms with Gasteiger partial charge < -0.3 is 50.8 Å². The molecule has 0 spiro atoms. The smallest absolute Gasteiger partial charge is 0.391 e. The summed E-state index contributed by atoms with van der Waals surface area (Å²) in [6.45, 7) is 15.6. The molecule has 0 bridgehead atoms. The summed E-state index contributed by atoms with van der Waals surface area (Å²) in [6, 6.07) is 19.9. The van der Waals surface area contributed by atoms with Gasteiger partial charge in [0.15, 0.2) is 0 Å². The van der Waals surface area contributed by atoms with Gasteiger partial charge in [-0.1, -0.05) is 69.3 Å². The number of benzene rings is 3. The Hall–Kier alpha value is -7.02. The molecule has 5 heterocycles. The van der Waals surface area contributed by atoms with Crippen LogP contribution >= 0.6 is 11.3 Å². The standard InChI is InChI=1S/C59H74F3N11O8S/c1-38-53(82-37-66-38)41-11-9-39(10-12-41)33-65-56(79)49-31-44(74)36-73(49)57(80)54(58(2,3)4)68-51(76)16-28-81-27-15-50(75)63-17-18-70-21-23-71(24-22-70)35-40-7-6-8-42(29-40)43-13-14-48(72-25-19-69(5)20-26-72)47(30-43)67-55(78)45-34-64-52(77)32-46(45)59(60,61)62/h6-14,29-30,32,34,37,44,49,54,74H,15-28,31,33,35-36H2,1-5H3,(H,63,75)(H,64,77)(H,65,79)(H,67,78)(H,68,76)/t44-,49+,54-/m1/s1. The molecule has 0 saturated carbocycles. The Morgan fingerprint density at radius 1 is 0.829 bits per heavy atom. The summed E-state index contributed by atoms with van der Waals surface area (Å²) in [5, 5.41) is 22.0. The Morgan fingerprint density at radius 2 is 1.51 bits per heavy atom. The van der Waals surface area contributed by atoms with E-state index < -0.39 is 70.1 Å². The van der Waals surface area contributed by atoms with Crippen molar-refractivity contribution in [3.8, 4) is 21.6 Å². The second-order valence-corrected chi connectivity index (χ2v) is 23.2. The first-order valence-corrected chi connectivity index (χ1v) is 28.6. The second-order valence-electron chi connectivity index (χ2n) is 22.3. The molecule has 3 fully saturated rings. The van der Waals surface area contributed by atoms with Crippen molar-refractivity contribution in [2.24, 2.45) is 5.41 Å². The van der Waals surface area contributed by atoms with E-state index in [4.69, 9.17) is 4.74 Å². The van der Waals surface area contributed by atoms with Gasteiger partial charge in [-0.2, -0.15) is 13.2 Å². The van der Waals surface area contributed by atoms with E-state index in [1.165, 1.54) is 4.90 Å². The number of carbonyl (C=O) groups is 5. The third-order valence-electron chi connectivity index (χ3n) is 15.1. The molecule has 3 atom stereocenters. The Labute approximate surface area is 479 Å². The fourth-order valence-corrected chi connectivity index (χ4v) is 11.2. The highest BCUT2D eigenvalue weighted by molar-refractivity contribution is 7.13. The number of amides is 5. The van der Waals surface area contributed by atoms with E-state index in [9.17, 15) is 47.0 Å². The van der Waals surface area contributed by atoms with Gasteiger partial charge in [0.05, 0.1) is 57.9 Å². The molecule has 3 aromatic carbocycles. The number of likely N-dealkylation sites (N-methyl/N-ethyl adjacent to an activating group) is 1. The fourth-order valence-electron chi connectivity index (χ4n) is 10.4. The highest BCUT2D eigenvalue weighted by Crippen LogP contribution is 2.36. The number of alkyl halides is 3. The van der Waals surface area contributed by atoms with Gasteiger partial charge >= 0.3 is 6.18 Å². The van der Waals surface area contributed by atoms with Crippen LogP contribution in [0.1, 0.15) is 72.8 Å². The van der Waals surface area contributed by atoms with Gasteiger partial charge in [-0.3, -0.25) is 38.6 Å². The molecule has 19 nitrogen and oxygen atoms in total. The third kappa shape index (κ3) is 16.4. The zero-order chi connectivity index (χ0) is 58.7. The number of halogens is 3. The maximum atomic E-state index is 14.0. The number of thiazole rings is 1. The van der Waals surface area contributed by atoms with Gasteiger partial charge in [0.1, 0.15) is 12.1 Å². The summed E-state index contributed by atoms with van der Waals surface area (Å²) in [5.74, 6) is -2.45. The van der Waals surface area contributed by atoms with Gasteiger partial charge in [0, 0.05) is 117 Å². The Kier molecular flexibility index (Phi) is 20.4. The van der Waals surface area contributed by atoms with Crippen LogP contribution in [0, 0.1) is 12.3 Å². The number of ether oxygens (including phenoxy) is 1. The first-order valence-electron chi connectivity index (χ1n) is 27.7. The number of likely N-dealkylation sites (tertiary alicyclic amines) is 1. The molecule has 3 aliphatic rings. The monoisotopic (exact) mass is 1150 g/mol. The van der Waals surface area contributed by atoms with Crippen LogP contribution < -0.4 is 31.7 Å². The van der Waals surface area contributed by atoms with Crippen LogP contribution in [0.5, 0.6) is 0 Å². The largest absolute Gasteiger partial charge is 0.417 e. The lowest BCUT2D eigenvalue weighted by Crippen LogP contribution is -2.57. The van der Waals surface area contributed by atoms with Crippen LogP contribution in [0.3, 0.4) is 0 Å². The van der Waals surface area contributed by atoms with Crippen molar-refractivity contribution in [3.05, 3.63) is 123 Å². The lowest BCUT2D eigenvalue weighted by atomic mass is 9.85. The van der Waals surface area contributed by atoms with Crippen LogP contribution in [0.25, 0.3) is 21.6 Å². The number of pyridine rings is 1. The van der Waals surface area contributed by atoms with Gasteiger partial charge in [0.2, 0.25) is 29.2 Å². The number of carbonyl (C=O) groups excluding carboxylic acids is 5. The molecule has 5 amide bonds. The number of hydrogen-bond acceptors (Lipinski definition) is 14. The van der Waals surface area contributed by atoms with Crippen molar-refractivity contribution in [1.29, 1.82) is 0 Å². The minimum absolute atomic E-state index is 0.0279. The molecule has 23 heteroatoms. The lowest BCUT2D eigenvalue weighted by Gasteiger charge is -2.35. The van der Waals surface area contributed by atoms with Crippen molar-refractivity contribution in [3.63, 3.8) is 0 Å². The van der Waals surface area contributed by atoms with E-state index in [-0.39, 0.29) is 51.5 Å². The molecule has 2 aromatic heterocycles. The Morgan fingerprint density at radius 3 is 2.20 bits per heavy atom. The zero-order valence-corrected chi connectivity index (χ0v) is 47.9. The molecule has 82 heavy (non-hydrogen) atoms. The van der Waals surface area contributed by atoms with Gasteiger partial charge in [-0.05, 0) is 65.4 Å². The van der Waals surface area contributed by atoms with E-state index >= 15 is 0 Å². The molecule has 440 valence electrons. The Balaban J connectivity index is 0.739. The molecule has 6 N–H and O–H groups in total. The number of H-pyrrole nitrogens is 1. The van der Waals surface area contributed by atoms with Crippen molar-refractivity contribution in [2.75, 3.05) is 102 Å². The minimum atomic E-state index is -4.91. The summed E-state index contributed by atoms with van der Waals surface area (Å²) < 4.78 is 47.5. The first-order chi connectivity index (χ1) is 39.1. The first kappa shape index (κ1) is 61.1. The number of aliphatic hydroxyl groups excluding tert-OH is 1. The number of rotatable bonds is 21. The summed E-state index contributed by atoms with van der Waals surface area (Å²) in [4.78, 5) is 96.6. The van der Waals surface area contributed by atoms with Crippen LogP contribution in [-0.2, 0) is 43.2 Å². The average molecular weight is 1150 g/mol. The second kappa shape index (κ2) is 27.4. The molecular formula is C59H74F3N11O8S. The number of nitrogens with one attached hydrogen (secondary N) is 5. The van der Waals surface area contributed by atoms with Gasteiger partial charge in [-0.15, -0.1) is 11.3 Å². The summed E-state index contributed by atoms with van der Waals surface area (Å²) >= 11 is 1.56. The highest BCUT2D eigenvalue weighted by Gasteiger charge is 2.44. The predicted molar refractivity (Wildman–Crippen MR) is 308 cm³/mol. The van der Waals surface area contributed by atoms with Crippen molar-refractivity contribution in [1.82, 2.24) is 45.5 Å². The van der Waals surface area contributed by atoms with Gasteiger partial charge in [-0.25, -0.2) is 4.98 Å². The number of aliphatic hydroxyl groups is 1. The quantitative estimate of drug-likeness (QED) is 0.0512. The highest BCUT2D eigenvalue weighted by atomic mass is 32.1. The summed E-state index contributed by atoms with van der Waals surface area (Å²) in [5.41, 5.74) is 4.72. The van der Waals surface area contributed by atoms with Crippen LogP contribution in [0.2, 0.25) is 0 Å². The molecule has 0 aliphatic carbocycles. The molecular weight excluding hydrogens is 1080 g/mol. The number of anilines is 2. The number of aryl methyl sites for hydroxylation is 1. The topological polar surface area (TPSA) is 225 Å². The normalized spacial score (nSPS) is 17.8. The van der Waals surface area contributed by atoms with E-state index in [1.54, 1.807) is 22.9 Å². The molecule has 8 rings (SSSR count). The summed E-state index contributed by atoms with van der Waals surface area (Å²) in [6.07, 6.45) is -4.89. The number of aromatic nitrogens is 2. The summed E-state index contributed by atoms with van der Waals surface area (Å²) in [7, 11) is 2.01. The number of piperazine rings is 2. The average Bonchev–Trinajstić information content (AvgIpc) is 3.91. The van der Waals surface area contributed by atoms with E-state index in [2.05, 4.69) is 56.9 Å².